The van der Waals surface area contributed by atoms with Gasteiger partial charge >= 0.3 is 30.6 Å². The van der Waals surface area contributed by atoms with Gasteiger partial charge in [0.25, 0.3) is 0 Å². The first-order chi connectivity index (χ1) is 18.4. The van der Waals surface area contributed by atoms with Gasteiger partial charge in [0.15, 0.2) is 0 Å². The molecule has 0 N–H and O–H groups in total. The van der Waals surface area contributed by atoms with Crippen molar-refractivity contribution < 1.29 is 58.6 Å². The molecule has 0 bridgehead atoms. The summed E-state index contributed by atoms with van der Waals surface area (Å²) in [6, 6.07) is 1.63. The van der Waals surface area contributed by atoms with E-state index in [0.29, 0.717) is 24.3 Å². The molecule has 14 heteroatoms. The maximum absolute atomic E-state index is 13.7. The Kier molecular flexibility index (Phi) is 8.51. The fourth-order valence-electron chi connectivity index (χ4n) is 4.39. The quantitative estimate of drug-likeness (QED) is 0.266. The Morgan fingerprint density at radius 2 is 1.40 bits per heavy atom. The van der Waals surface area contributed by atoms with Gasteiger partial charge < -0.3 is 9.47 Å². The molecule has 1 amide bonds. The first-order valence-corrected chi connectivity index (χ1v) is 11.7. The third-order valence-corrected chi connectivity index (χ3v) is 6.17. The summed E-state index contributed by atoms with van der Waals surface area (Å²) in [5.74, 6) is -3.35. The van der Waals surface area contributed by atoms with Crippen LogP contribution in [0, 0.1) is 0 Å². The van der Waals surface area contributed by atoms with Crippen LogP contribution in [0.5, 0.6) is 0 Å². The minimum atomic E-state index is -5.26. The highest BCUT2D eigenvalue weighted by molar-refractivity contribution is 6.02. The van der Waals surface area contributed by atoms with Gasteiger partial charge in [0, 0.05) is 5.56 Å². The molecule has 0 aromatic heterocycles. The molecule has 0 fully saturated rings. The number of anilines is 1. The number of rotatable bonds is 5. The standard InChI is InChI=1S/C26H22F9NO4/c1-4-17-12-19(18-11-14(24(27,28)29)6-7-20(18)36(17)23(38)40-5-2)21(22(37)39-3)13-8-15(25(30,31)32)10-16(9-13)26(33,34)35/h6-12,17,21H,4-5H2,1-3H3/t17-,21-/m1/s1. The van der Waals surface area contributed by atoms with E-state index in [2.05, 4.69) is 0 Å². The topological polar surface area (TPSA) is 55.8 Å². The number of fused-ring (bicyclic) bond motifs is 1. The fourth-order valence-corrected chi connectivity index (χ4v) is 4.39. The SMILES string of the molecule is CCOC(=O)N1c2ccc(C(F)(F)F)cc2C([C@H](C(=O)OC)c2cc(C(F)(F)F)cc(C(F)(F)F)c2)=C[C@H]1CC. The van der Waals surface area contributed by atoms with Crippen LogP contribution in [0.3, 0.4) is 0 Å². The Labute approximate surface area is 222 Å². The second kappa shape index (κ2) is 11.0. The van der Waals surface area contributed by atoms with Crippen LogP contribution >= 0.6 is 0 Å². The molecule has 1 heterocycles. The zero-order valence-electron chi connectivity index (χ0n) is 21.1. The summed E-state index contributed by atoms with van der Waals surface area (Å²) < 4.78 is 132. The Bertz CT molecular complexity index is 1280. The van der Waals surface area contributed by atoms with Gasteiger partial charge in [0.2, 0.25) is 0 Å². The number of carbonyl (C=O) groups excluding carboxylic acids is 2. The van der Waals surface area contributed by atoms with E-state index < -0.39 is 70.4 Å². The van der Waals surface area contributed by atoms with Crippen molar-refractivity contribution in [3.05, 3.63) is 70.3 Å². The molecule has 1 aliphatic heterocycles. The third kappa shape index (κ3) is 6.20. The minimum Gasteiger partial charge on any atom is -0.468 e. The number of amides is 1. The summed E-state index contributed by atoms with van der Waals surface area (Å²) in [6.45, 7) is 2.95. The summed E-state index contributed by atoms with van der Waals surface area (Å²) in [7, 11) is 0.826. The van der Waals surface area contributed by atoms with Crippen LogP contribution in [0.4, 0.5) is 50.0 Å². The lowest BCUT2D eigenvalue weighted by molar-refractivity contribution is -0.144. The Hall–Kier alpha value is -3.71. The first kappa shape index (κ1) is 30.8. The number of methoxy groups -OCH3 is 1. The molecule has 2 atom stereocenters. The molecule has 0 aliphatic carbocycles. The van der Waals surface area contributed by atoms with Crippen LogP contribution in [0.2, 0.25) is 0 Å². The molecule has 0 radical (unpaired) electrons. The van der Waals surface area contributed by atoms with E-state index >= 15 is 0 Å². The second-order valence-electron chi connectivity index (χ2n) is 8.69. The molecule has 0 saturated carbocycles. The van der Waals surface area contributed by atoms with Crippen molar-refractivity contribution in [2.75, 3.05) is 18.6 Å². The molecule has 0 unspecified atom stereocenters. The van der Waals surface area contributed by atoms with Gasteiger partial charge in [-0.05, 0) is 60.9 Å². The van der Waals surface area contributed by atoms with E-state index in [-0.39, 0.29) is 30.4 Å². The molecule has 0 saturated heterocycles. The molecule has 1 aliphatic rings. The van der Waals surface area contributed by atoms with E-state index in [9.17, 15) is 49.1 Å². The fraction of sp³-hybridized carbons (Fsp3) is 0.385. The largest absolute Gasteiger partial charge is 0.468 e. The van der Waals surface area contributed by atoms with E-state index in [1.54, 1.807) is 6.92 Å². The van der Waals surface area contributed by atoms with Gasteiger partial charge in [-0.1, -0.05) is 13.0 Å². The van der Waals surface area contributed by atoms with Gasteiger partial charge in [-0.15, -0.1) is 0 Å². The summed E-state index contributed by atoms with van der Waals surface area (Å²) in [6.07, 6.45) is -15.2. The average molecular weight is 583 g/mol. The van der Waals surface area contributed by atoms with Crippen molar-refractivity contribution in [3.8, 4) is 0 Å². The molecule has 5 nitrogen and oxygen atoms in total. The number of esters is 1. The summed E-state index contributed by atoms with van der Waals surface area (Å²) >= 11 is 0. The van der Waals surface area contributed by atoms with Crippen molar-refractivity contribution in [1.29, 1.82) is 0 Å². The first-order valence-electron chi connectivity index (χ1n) is 11.7. The smallest absolute Gasteiger partial charge is 0.416 e. The number of nitrogens with zero attached hydrogens (tertiary/aromatic N) is 1. The lowest BCUT2D eigenvalue weighted by Crippen LogP contribution is -2.42. The predicted molar refractivity (Wildman–Crippen MR) is 124 cm³/mol. The molecule has 0 spiro atoms. The summed E-state index contributed by atoms with van der Waals surface area (Å²) in [5.41, 5.74) is -6.49. The van der Waals surface area contributed by atoms with Crippen LogP contribution in [-0.4, -0.2) is 31.8 Å². The van der Waals surface area contributed by atoms with Gasteiger partial charge in [0.1, 0.15) is 5.92 Å². The lowest BCUT2D eigenvalue weighted by atomic mass is 9.80. The number of benzene rings is 2. The van der Waals surface area contributed by atoms with Gasteiger partial charge in [0.05, 0.1) is 42.1 Å². The number of hydrogen-bond acceptors (Lipinski definition) is 4. The van der Waals surface area contributed by atoms with Gasteiger partial charge in [-0.2, -0.15) is 39.5 Å². The van der Waals surface area contributed by atoms with Crippen LogP contribution in [-0.2, 0) is 32.8 Å². The number of ether oxygens (including phenoxy) is 2. The highest BCUT2D eigenvalue weighted by Gasteiger charge is 2.42. The van der Waals surface area contributed by atoms with E-state index in [1.165, 1.54) is 6.92 Å². The summed E-state index contributed by atoms with van der Waals surface area (Å²) in [4.78, 5) is 26.8. The highest BCUT2D eigenvalue weighted by atomic mass is 19.4. The number of hydrogen-bond donors (Lipinski definition) is 0. The van der Waals surface area contributed by atoms with E-state index in [1.807, 2.05) is 0 Å². The van der Waals surface area contributed by atoms with Crippen molar-refractivity contribution in [2.24, 2.45) is 0 Å². The molecular formula is C26H22F9NO4. The van der Waals surface area contributed by atoms with E-state index in [4.69, 9.17) is 9.47 Å². The van der Waals surface area contributed by atoms with Crippen molar-refractivity contribution in [3.63, 3.8) is 0 Å². The van der Waals surface area contributed by atoms with Crippen LogP contribution in [0.1, 0.15) is 54.0 Å². The highest BCUT2D eigenvalue weighted by Crippen LogP contribution is 2.47. The Balaban J connectivity index is 2.40. The molecule has 3 rings (SSSR count). The predicted octanol–water partition coefficient (Wildman–Crippen LogP) is 7.84. The molecule has 218 valence electrons. The Morgan fingerprint density at radius 3 is 1.85 bits per heavy atom. The molecule has 40 heavy (non-hydrogen) atoms. The lowest BCUT2D eigenvalue weighted by Gasteiger charge is -2.37. The average Bonchev–Trinajstić information content (AvgIpc) is 2.86. The van der Waals surface area contributed by atoms with Gasteiger partial charge in [-0.25, -0.2) is 4.79 Å². The van der Waals surface area contributed by atoms with Crippen molar-refractivity contribution in [2.45, 2.75) is 50.8 Å². The van der Waals surface area contributed by atoms with Crippen LogP contribution in [0.15, 0.2) is 42.5 Å². The number of halogens is 9. The van der Waals surface area contributed by atoms with Crippen molar-refractivity contribution >= 4 is 23.3 Å². The third-order valence-electron chi connectivity index (χ3n) is 6.17. The van der Waals surface area contributed by atoms with E-state index in [0.717, 1.165) is 24.2 Å². The van der Waals surface area contributed by atoms with Crippen molar-refractivity contribution in [1.82, 2.24) is 0 Å². The molecular weight excluding hydrogens is 561 g/mol. The minimum absolute atomic E-state index is 0.0903. The maximum Gasteiger partial charge on any atom is 0.416 e. The second-order valence-corrected chi connectivity index (χ2v) is 8.69. The molecule has 2 aromatic rings. The monoisotopic (exact) mass is 583 g/mol. The normalized spacial score (nSPS) is 16.6. The molecule has 2 aromatic carbocycles. The zero-order chi connectivity index (χ0) is 30.2. The van der Waals surface area contributed by atoms with Crippen LogP contribution < -0.4 is 4.90 Å². The van der Waals surface area contributed by atoms with Crippen LogP contribution in [0.25, 0.3) is 5.57 Å². The summed E-state index contributed by atoms with van der Waals surface area (Å²) in [5, 5.41) is 0. The number of alkyl halides is 9. The Morgan fingerprint density at radius 1 is 0.850 bits per heavy atom. The maximum atomic E-state index is 13.7. The number of carbonyl (C=O) groups is 2. The van der Waals surface area contributed by atoms with Gasteiger partial charge in [-0.3, -0.25) is 9.69 Å². The zero-order valence-corrected chi connectivity index (χ0v) is 21.1.